The number of H-pyrrole nitrogens is 1. The molecule has 1 aromatic heterocycles. The summed E-state index contributed by atoms with van der Waals surface area (Å²) in [5, 5.41) is 23.1. The molecule has 32 heavy (non-hydrogen) atoms. The number of aliphatic hydroxyl groups excluding tert-OH is 1. The number of rotatable bonds is 6. The number of nitrogens with one attached hydrogen (secondary N) is 3. The van der Waals surface area contributed by atoms with Gasteiger partial charge in [0.15, 0.2) is 0 Å². The van der Waals surface area contributed by atoms with E-state index in [2.05, 4.69) is 37.7 Å². The fourth-order valence-corrected chi connectivity index (χ4v) is 3.15. The number of aromatic amines is 1. The molecule has 4 aromatic rings. The third kappa shape index (κ3) is 5.01. The number of hydrogen-bond acceptors (Lipinski definition) is 5. The van der Waals surface area contributed by atoms with Gasteiger partial charge in [0.2, 0.25) is 0 Å². The van der Waals surface area contributed by atoms with Gasteiger partial charge in [0.25, 0.3) is 5.91 Å². The minimum absolute atomic E-state index is 0.167. The Morgan fingerprint density at radius 3 is 2.72 bits per heavy atom. The Labute approximate surface area is 185 Å². The summed E-state index contributed by atoms with van der Waals surface area (Å²) in [6.45, 7) is -0.0657. The Kier molecular flexibility index (Phi) is 6.56. The third-order valence-corrected chi connectivity index (χ3v) is 4.68. The molecule has 0 spiro atoms. The van der Waals surface area contributed by atoms with E-state index in [-0.39, 0.29) is 19.1 Å². The topological polar surface area (TPSA) is 102 Å². The largest absolute Gasteiger partial charge is 0.384 e. The Morgan fingerprint density at radius 2 is 1.88 bits per heavy atom. The van der Waals surface area contributed by atoms with Gasteiger partial charge in [-0.1, -0.05) is 42.2 Å². The highest BCUT2D eigenvalue weighted by atomic mass is 16.2. The molecule has 0 aliphatic carbocycles. The summed E-state index contributed by atoms with van der Waals surface area (Å²) in [6.07, 6.45) is 1.76. The van der Waals surface area contributed by atoms with E-state index in [9.17, 15) is 4.79 Å². The lowest BCUT2D eigenvalue weighted by Crippen LogP contribution is -2.24. The van der Waals surface area contributed by atoms with Crippen molar-refractivity contribution in [2.75, 3.05) is 18.5 Å². The average Bonchev–Trinajstić information content (AvgIpc) is 3.23. The quantitative estimate of drug-likeness (QED) is 0.280. The first-order chi connectivity index (χ1) is 15.7. The minimum Gasteiger partial charge on any atom is -0.384 e. The molecule has 0 unspecified atom stereocenters. The van der Waals surface area contributed by atoms with Crippen molar-refractivity contribution in [3.63, 3.8) is 0 Å². The number of carbonyl (C=O) groups is 1. The Balaban J connectivity index is 1.52. The van der Waals surface area contributed by atoms with E-state index in [1.165, 1.54) is 0 Å². The van der Waals surface area contributed by atoms with Crippen LogP contribution in [0.15, 0.2) is 77.8 Å². The molecule has 3 aromatic carbocycles. The molecule has 7 nitrogen and oxygen atoms in total. The van der Waals surface area contributed by atoms with E-state index in [0.29, 0.717) is 11.3 Å². The molecule has 4 N–H and O–H groups in total. The zero-order valence-corrected chi connectivity index (χ0v) is 17.2. The fourth-order valence-electron chi connectivity index (χ4n) is 3.15. The van der Waals surface area contributed by atoms with Gasteiger partial charge in [0.05, 0.1) is 40.9 Å². The van der Waals surface area contributed by atoms with Gasteiger partial charge < -0.3 is 15.7 Å². The number of para-hydroxylation sites is 2. The first-order valence-electron chi connectivity index (χ1n) is 10.0. The van der Waals surface area contributed by atoms with Crippen LogP contribution in [0.4, 0.5) is 17.1 Å². The summed E-state index contributed by atoms with van der Waals surface area (Å²) >= 11 is 0. The molecular weight excluding hydrogens is 402 g/mol. The van der Waals surface area contributed by atoms with Crippen molar-refractivity contribution in [3.05, 3.63) is 84.1 Å². The van der Waals surface area contributed by atoms with Crippen molar-refractivity contribution >= 4 is 40.1 Å². The Hall–Kier alpha value is -4.41. The van der Waals surface area contributed by atoms with E-state index in [1.807, 2.05) is 60.7 Å². The number of aliphatic imine (C=N–C) groups is 1. The second kappa shape index (κ2) is 10.1. The van der Waals surface area contributed by atoms with Crippen LogP contribution in [0, 0.1) is 11.8 Å². The minimum atomic E-state index is -0.249. The second-order valence-corrected chi connectivity index (χ2v) is 6.83. The Morgan fingerprint density at radius 1 is 1.06 bits per heavy atom. The van der Waals surface area contributed by atoms with Gasteiger partial charge in [0, 0.05) is 11.1 Å². The monoisotopic (exact) mass is 423 g/mol. The lowest BCUT2D eigenvalue weighted by Gasteiger charge is -2.11. The van der Waals surface area contributed by atoms with Gasteiger partial charge in [-0.25, -0.2) is 0 Å². The van der Waals surface area contributed by atoms with E-state index < -0.39 is 0 Å². The van der Waals surface area contributed by atoms with Gasteiger partial charge in [0.1, 0.15) is 6.61 Å². The van der Waals surface area contributed by atoms with E-state index in [4.69, 9.17) is 5.11 Å². The molecule has 0 bridgehead atoms. The van der Waals surface area contributed by atoms with Crippen molar-refractivity contribution in [1.82, 2.24) is 15.5 Å². The molecule has 1 heterocycles. The zero-order chi connectivity index (χ0) is 22.2. The number of carbonyl (C=O) groups excluding carboxylic acids is 1. The summed E-state index contributed by atoms with van der Waals surface area (Å²) in [5.74, 6) is 4.93. The van der Waals surface area contributed by atoms with Crippen molar-refractivity contribution in [1.29, 1.82) is 0 Å². The van der Waals surface area contributed by atoms with Crippen LogP contribution in [0.2, 0.25) is 0 Å². The maximum absolute atomic E-state index is 12.5. The highest BCUT2D eigenvalue weighted by molar-refractivity contribution is 6.01. The zero-order valence-electron chi connectivity index (χ0n) is 17.2. The Bertz CT molecular complexity index is 1320. The lowest BCUT2D eigenvalue weighted by molar-refractivity contribution is 0.0959. The van der Waals surface area contributed by atoms with Gasteiger partial charge in [-0.15, -0.1) is 0 Å². The third-order valence-electron chi connectivity index (χ3n) is 4.68. The summed E-state index contributed by atoms with van der Waals surface area (Å²) < 4.78 is 0. The normalized spacial score (nSPS) is 10.7. The lowest BCUT2D eigenvalue weighted by atomic mass is 10.1. The summed E-state index contributed by atoms with van der Waals surface area (Å²) in [6, 6.07) is 22.7. The molecule has 0 saturated carbocycles. The van der Waals surface area contributed by atoms with E-state index in [0.717, 1.165) is 28.0 Å². The molecule has 158 valence electrons. The number of hydrogen-bond donors (Lipinski definition) is 4. The molecule has 0 aliphatic heterocycles. The van der Waals surface area contributed by atoms with Crippen LogP contribution in [-0.4, -0.2) is 40.6 Å². The number of amides is 1. The first kappa shape index (κ1) is 20.8. The van der Waals surface area contributed by atoms with Crippen LogP contribution < -0.4 is 10.6 Å². The fraction of sp³-hybridized carbons (Fsp3) is 0.0800. The van der Waals surface area contributed by atoms with Crippen LogP contribution in [0.3, 0.4) is 0 Å². The molecule has 4 rings (SSSR count). The van der Waals surface area contributed by atoms with E-state index in [1.54, 1.807) is 18.3 Å². The highest BCUT2D eigenvalue weighted by Gasteiger charge is 2.11. The predicted octanol–water partition coefficient (Wildman–Crippen LogP) is 3.78. The number of aromatic nitrogens is 2. The van der Waals surface area contributed by atoms with Crippen LogP contribution >= 0.6 is 0 Å². The average molecular weight is 423 g/mol. The highest BCUT2D eigenvalue weighted by Crippen LogP contribution is 2.25. The van der Waals surface area contributed by atoms with Crippen molar-refractivity contribution < 1.29 is 9.90 Å². The van der Waals surface area contributed by atoms with Crippen molar-refractivity contribution in [2.45, 2.75) is 0 Å². The van der Waals surface area contributed by atoms with Gasteiger partial charge in [-0.3, -0.25) is 14.9 Å². The number of fused-ring (bicyclic) bond motifs is 1. The molecule has 0 radical (unpaired) electrons. The second-order valence-electron chi connectivity index (χ2n) is 6.83. The predicted molar refractivity (Wildman–Crippen MR) is 127 cm³/mol. The maximum Gasteiger partial charge on any atom is 0.254 e. The summed E-state index contributed by atoms with van der Waals surface area (Å²) in [5.41, 5.74) is 4.43. The van der Waals surface area contributed by atoms with Crippen molar-refractivity contribution in [3.8, 4) is 11.8 Å². The van der Waals surface area contributed by atoms with Crippen LogP contribution in [0.5, 0.6) is 0 Å². The molecule has 0 saturated heterocycles. The summed E-state index contributed by atoms with van der Waals surface area (Å²) in [7, 11) is 0. The number of nitrogens with zero attached hydrogens (tertiary/aromatic N) is 2. The van der Waals surface area contributed by atoms with Gasteiger partial charge in [-0.2, -0.15) is 5.10 Å². The molecule has 7 heteroatoms. The molecule has 1 amide bonds. The van der Waals surface area contributed by atoms with Crippen molar-refractivity contribution in [2.24, 2.45) is 4.99 Å². The maximum atomic E-state index is 12.5. The van der Waals surface area contributed by atoms with Crippen LogP contribution in [0.25, 0.3) is 10.9 Å². The SMILES string of the molecule is O=C(NCC#CCO)c1ccccc1Nc1ccc2c(C=Nc3ccccc3)[nH]nc2c1. The number of aliphatic hydroxyl groups is 1. The molecule has 0 atom stereocenters. The smallest absolute Gasteiger partial charge is 0.254 e. The standard InChI is InChI=1S/C25H21N5O2/c31-15-7-6-14-26-25(32)21-10-4-5-11-22(21)28-19-12-13-20-23(16-19)29-30-24(20)17-27-18-8-2-1-3-9-18/h1-5,8-13,16-17,28,31H,14-15H2,(H,26,32)(H,29,30). The molecular formula is C25H21N5O2. The number of anilines is 2. The van der Waals surface area contributed by atoms with Gasteiger partial charge >= 0.3 is 0 Å². The summed E-state index contributed by atoms with van der Waals surface area (Å²) in [4.78, 5) is 17.0. The van der Waals surface area contributed by atoms with Crippen LogP contribution in [-0.2, 0) is 0 Å². The van der Waals surface area contributed by atoms with E-state index >= 15 is 0 Å². The molecule has 0 fully saturated rings. The first-order valence-corrected chi connectivity index (χ1v) is 10.0. The van der Waals surface area contributed by atoms with Gasteiger partial charge in [-0.05, 0) is 42.5 Å². The molecule has 0 aliphatic rings. The van der Waals surface area contributed by atoms with Crippen LogP contribution in [0.1, 0.15) is 16.1 Å². The number of benzene rings is 3.